The lowest BCUT2D eigenvalue weighted by Crippen LogP contribution is -2.16. The summed E-state index contributed by atoms with van der Waals surface area (Å²) in [5.41, 5.74) is 2.54. The molecule has 0 aliphatic carbocycles. The van der Waals surface area contributed by atoms with Gasteiger partial charge in [-0.25, -0.2) is 0 Å². The van der Waals surface area contributed by atoms with E-state index >= 15 is 0 Å². The lowest BCUT2D eigenvalue weighted by molar-refractivity contribution is 0.553. The van der Waals surface area contributed by atoms with Crippen molar-refractivity contribution in [2.75, 3.05) is 5.32 Å². The number of aryl methyl sites for hydroxylation is 1. The van der Waals surface area contributed by atoms with Gasteiger partial charge in [-0.15, -0.1) is 11.3 Å². The average molecular weight is 245 g/mol. The van der Waals surface area contributed by atoms with E-state index < -0.39 is 0 Å². The van der Waals surface area contributed by atoms with Crippen molar-refractivity contribution in [1.82, 2.24) is 0 Å². The Bertz CT molecular complexity index is 460. The molecule has 2 heteroatoms. The second kappa shape index (κ2) is 5.37. The minimum atomic E-state index is 0.399. The molecule has 17 heavy (non-hydrogen) atoms. The molecule has 90 valence electrons. The number of rotatable bonds is 4. The van der Waals surface area contributed by atoms with E-state index in [0.717, 1.165) is 0 Å². The van der Waals surface area contributed by atoms with Crippen molar-refractivity contribution < 1.29 is 0 Å². The van der Waals surface area contributed by atoms with Gasteiger partial charge in [-0.3, -0.25) is 0 Å². The maximum absolute atomic E-state index is 3.66. The number of para-hydroxylation sites is 1. The molecule has 1 atom stereocenters. The summed E-state index contributed by atoms with van der Waals surface area (Å²) in [6, 6.07) is 13.2. The number of hydrogen-bond donors (Lipinski definition) is 1. The first-order chi connectivity index (χ1) is 8.18. The third kappa shape index (κ3) is 2.89. The second-order valence-electron chi connectivity index (χ2n) is 4.70. The Kier molecular flexibility index (Phi) is 3.85. The first-order valence-electron chi connectivity index (χ1n) is 6.04. The smallest absolute Gasteiger partial charge is 0.0629 e. The highest BCUT2D eigenvalue weighted by atomic mass is 32.1. The molecule has 1 nitrogen and oxygen atoms in total. The van der Waals surface area contributed by atoms with Gasteiger partial charge < -0.3 is 5.32 Å². The second-order valence-corrected chi connectivity index (χ2v) is 5.68. The highest BCUT2D eigenvalue weighted by Crippen LogP contribution is 2.30. The standard InChI is InChI=1S/C15H19NS/c1-11(2)15(14-9-6-10-17-14)16-13-8-5-4-7-12(13)3/h4-11,15-16H,1-3H3. The molecule has 1 aromatic heterocycles. The van der Waals surface area contributed by atoms with Gasteiger partial charge in [0.2, 0.25) is 0 Å². The molecule has 1 aromatic carbocycles. The van der Waals surface area contributed by atoms with Crippen LogP contribution in [-0.2, 0) is 0 Å². The zero-order valence-electron chi connectivity index (χ0n) is 10.6. The Morgan fingerprint density at radius 1 is 1.06 bits per heavy atom. The first-order valence-corrected chi connectivity index (χ1v) is 6.92. The maximum atomic E-state index is 3.66. The van der Waals surface area contributed by atoms with Crippen LogP contribution < -0.4 is 5.32 Å². The van der Waals surface area contributed by atoms with Crippen LogP contribution >= 0.6 is 11.3 Å². The van der Waals surface area contributed by atoms with Crippen molar-refractivity contribution in [1.29, 1.82) is 0 Å². The van der Waals surface area contributed by atoms with E-state index in [-0.39, 0.29) is 0 Å². The van der Waals surface area contributed by atoms with Gasteiger partial charge in [0, 0.05) is 10.6 Å². The number of thiophene rings is 1. The van der Waals surface area contributed by atoms with Crippen LogP contribution in [0.3, 0.4) is 0 Å². The molecule has 0 bridgehead atoms. The van der Waals surface area contributed by atoms with Crippen molar-refractivity contribution >= 4 is 17.0 Å². The molecule has 0 fully saturated rings. The van der Waals surface area contributed by atoms with Gasteiger partial charge in [-0.1, -0.05) is 38.1 Å². The van der Waals surface area contributed by atoms with E-state index in [0.29, 0.717) is 12.0 Å². The summed E-state index contributed by atoms with van der Waals surface area (Å²) >= 11 is 1.82. The number of nitrogens with one attached hydrogen (secondary N) is 1. The van der Waals surface area contributed by atoms with Gasteiger partial charge in [-0.05, 0) is 35.9 Å². The molecule has 0 saturated carbocycles. The minimum Gasteiger partial charge on any atom is -0.377 e. The molecular weight excluding hydrogens is 226 g/mol. The molecule has 2 rings (SSSR count). The summed E-state index contributed by atoms with van der Waals surface area (Å²) in [6.45, 7) is 6.67. The Hall–Kier alpha value is -1.28. The van der Waals surface area contributed by atoms with Crippen molar-refractivity contribution in [3.05, 3.63) is 52.2 Å². The van der Waals surface area contributed by atoms with Crippen LogP contribution in [0.4, 0.5) is 5.69 Å². The fraction of sp³-hybridized carbons (Fsp3) is 0.333. The van der Waals surface area contributed by atoms with Crippen LogP contribution in [0.15, 0.2) is 41.8 Å². The fourth-order valence-electron chi connectivity index (χ4n) is 1.94. The van der Waals surface area contributed by atoms with E-state index in [1.54, 1.807) is 0 Å². The van der Waals surface area contributed by atoms with Gasteiger partial charge in [0.05, 0.1) is 6.04 Å². The summed E-state index contributed by atoms with van der Waals surface area (Å²) in [7, 11) is 0. The Balaban J connectivity index is 2.23. The molecule has 0 radical (unpaired) electrons. The van der Waals surface area contributed by atoms with Crippen molar-refractivity contribution in [3.63, 3.8) is 0 Å². The molecule has 0 spiro atoms. The van der Waals surface area contributed by atoms with Gasteiger partial charge >= 0.3 is 0 Å². The molecule has 0 saturated heterocycles. The molecular formula is C15H19NS. The molecule has 1 N–H and O–H groups in total. The summed E-state index contributed by atoms with van der Waals surface area (Å²) in [5, 5.41) is 5.80. The Labute approximate surface area is 108 Å². The van der Waals surface area contributed by atoms with Crippen LogP contribution in [0.1, 0.15) is 30.3 Å². The fourth-order valence-corrected chi connectivity index (χ4v) is 2.89. The summed E-state index contributed by atoms with van der Waals surface area (Å²) in [5.74, 6) is 0.577. The zero-order chi connectivity index (χ0) is 12.3. The quantitative estimate of drug-likeness (QED) is 0.810. The van der Waals surface area contributed by atoms with Crippen molar-refractivity contribution in [2.24, 2.45) is 5.92 Å². The van der Waals surface area contributed by atoms with Crippen LogP contribution in [0.25, 0.3) is 0 Å². The predicted molar refractivity (Wildman–Crippen MR) is 76.7 cm³/mol. The van der Waals surface area contributed by atoms with Gasteiger partial charge in [0.15, 0.2) is 0 Å². The minimum absolute atomic E-state index is 0.399. The monoisotopic (exact) mass is 245 g/mol. The Morgan fingerprint density at radius 3 is 2.41 bits per heavy atom. The van der Waals surface area contributed by atoms with E-state index in [1.807, 2.05) is 11.3 Å². The summed E-state index contributed by atoms with van der Waals surface area (Å²) in [6.07, 6.45) is 0. The van der Waals surface area contributed by atoms with Crippen molar-refractivity contribution in [3.8, 4) is 0 Å². The molecule has 2 aromatic rings. The van der Waals surface area contributed by atoms with Crippen LogP contribution in [-0.4, -0.2) is 0 Å². The van der Waals surface area contributed by atoms with Gasteiger partial charge in [0.25, 0.3) is 0 Å². The topological polar surface area (TPSA) is 12.0 Å². The van der Waals surface area contributed by atoms with Crippen LogP contribution in [0.5, 0.6) is 0 Å². The normalized spacial score (nSPS) is 12.7. The van der Waals surface area contributed by atoms with E-state index in [9.17, 15) is 0 Å². The van der Waals surface area contributed by atoms with Crippen molar-refractivity contribution in [2.45, 2.75) is 26.8 Å². The number of hydrogen-bond acceptors (Lipinski definition) is 2. The van der Waals surface area contributed by atoms with E-state index in [2.05, 4.69) is 67.9 Å². The first kappa shape index (κ1) is 12.2. The van der Waals surface area contributed by atoms with Crippen LogP contribution in [0.2, 0.25) is 0 Å². The number of anilines is 1. The largest absolute Gasteiger partial charge is 0.377 e. The molecule has 0 amide bonds. The molecule has 1 heterocycles. The average Bonchev–Trinajstić information content (AvgIpc) is 2.81. The number of benzene rings is 1. The molecule has 1 unspecified atom stereocenters. The highest BCUT2D eigenvalue weighted by Gasteiger charge is 2.16. The third-order valence-corrected chi connectivity index (χ3v) is 3.93. The maximum Gasteiger partial charge on any atom is 0.0629 e. The van der Waals surface area contributed by atoms with Gasteiger partial charge in [-0.2, -0.15) is 0 Å². The van der Waals surface area contributed by atoms with E-state index in [4.69, 9.17) is 0 Å². The van der Waals surface area contributed by atoms with Crippen LogP contribution in [0, 0.1) is 12.8 Å². The predicted octanol–water partition coefficient (Wildman–Crippen LogP) is 4.87. The third-order valence-electron chi connectivity index (χ3n) is 2.97. The lowest BCUT2D eigenvalue weighted by Gasteiger charge is -2.23. The lowest BCUT2D eigenvalue weighted by atomic mass is 10.0. The van der Waals surface area contributed by atoms with E-state index in [1.165, 1.54) is 16.1 Å². The van der Waals surface area contributed by atoms with Gasteiger partial charge in [0.1, 0.15) is 0 Å². The molecule has 0 aliphatic heterocycles. The zero-order valence-corrected chi connectivity index (χ0v) is 11.4. The molecule has 0 aliphatic rings. The summed E-state index contributed by atoms with van der Waals surface area (Å²) < 4.78 is 0. The Morgan fingerprint density at radius 2 is 1.82 bits per heavy atom. The summed E-state index contributed by atoms with van der Waals surface area (Å²) in [4.78, 5) is 1.41. The SMILES string of the molecule is Cc1ccccc1NC(c1cccs1)C(C)C. The highest BCUT2D eigenvalue weighted by molar-refractivity contribution is 7.10.